The molecule has 1 heterocycles. The van der Waals surface area contributed by atoms with Gasteiger partial charge in [-0.25, -0.2) is 0 Å². The summed E-state index contributed by atoms with van der Waals surface area (Å²) >= 11 is 1.45. The summed E-state index contributed by atoms with van der Waals surface area (Å²) in [5, 5.41) is 11.7. The lowest BCUT2D eigenvalue weighted by Gasteiger charge is -2.10. The predicted molar refractivity (Wildman–Crippen MR) is 76.0 cm³/mol. The molecule has 0 aromatic heterocycles. The van der Waals surface area contributed by atoms with Crippen LogP contribution in [0.25, 0.3) is 0 Å². The number of Topliss-reactive ketones (excluding diaryl/α,β-unsaturated/α-hetero) is 1. The van der Waals surface area contributed by atoms with Crippen molar-refractivity contribution in [2.75, 3.05) is 12.3 Å². The van der Waals surface area contributed by atoms with E-state index in [9.17, 15) is 14.9 Å². The van der Waals surface area contributed by atoms with E-state index in [1.54, 1.807) is 6.07 Å². The lowest BCUT2D eigenvalue weighted by atomic mass is 10.1. The molecule has 0 atom stereocenters. The molecule has 0 amide bonds. The Labute approximate surface area is 115 Å². The maximum Gasteiger partial charge on any atom is 0.270 e. The van der Waals surface area contributed by atoms with E-state index in [-0.39, 0.29) is 11.5 Å². The molecule has 1 aliphatic rings. The Morgan fingerprint density at radius 3 is 2.95 bits per heavy atom. The maximum atomic E-state index is 12.0. The Morgan fingerprint density at radius 1 is 1.42 bits per heavy atom. The molecule has 0 bridgehead atoms. The van der Waals surface area contributed by atoms with Crippen LogP contribution in [0.1, 0.15) is 29.6 Å². The van der Waals surface area contributed by atoms with E-state index in [4.69, 9.17) is 0 Å². The van der Waals surface area contributed by atoms with E-state index in [0.717, 1.165) is 30.9 Å². The lowest BCUT2D eigenvalue weighted by Crippen LogP contribution is -2.08. The molecular formula is C13H14N2O3S. The van der Waals surface area contributed by atoms with E-state index >= 15 is 0 Å². The van der Waals surface area contributed by atoms with Crippen molar-refractivity contribution in [1.82, 2.24) is 0 Å². The molecule has 0 N–H and O–H groups in total. The van der Waals surface area contributed by atoms with Gasteiger partial charge in [-0.1, -0.05) is 12.1 Å². The van der Waals surface area contributed by atoms with Crippen LogP contribution in [-0.4, -0.2) is 28.0 Å². The highest BCUT2D eigenvalue weighted by atomic mass is 32.2. The second kappa shape index (κ2) is 6.47. The van der Waals surface area contributed by atoms with E-state index in [0.29, 0.717) is 11.3 Å². The van der Waals surface area contributed by atoms with Gasteiger partial charge in [-0.3, -0.25) is 19.9 Å². The third kappa shape index (κ3) is 3.89. The van der Waals surface area contributed by atoms with Crippen LogP contribution in [0.15, 0.2) is 29.3 Å². The third-order valence-corrected chi connectivity index (χ3v) is 3.91. The van der Waals surface area contributed by atoms with Crippen molar-refractivity contribution >= 4 is 28.3 Å². The second-order valence-electron chi connectivity index (χ2n) is 4.25. The van der Waals surface area contributed by atoms with Gasteiger partial charge in [0.2, 0.25) is 0 Å². The number of nitrogens with zero attached hydrogens (tertiary/aromatic N) is 2. The SMILES string of the molecule is O=C(CSC1=NCCCC1)c1cccc([N+](=O)[O-])c1. The van der Waals surface area contributed by atoms with Crippen LogP contribution in [0.5, 0.6) is 0 Å². The number of nitro benzene ring substituents is 1. The van der Waals surface area contributed by atoms with Gasteiger partial charge in [0, 0.05) is 24.2 Å². The van der Waals surface area contributed by atoms with Gasteiger partial charge in [0.05, 0.1) is 15.7 Å². The number of hydrogen-bond acceptors (Lipinski definition) is 5. The summed E-state index contributed by atoms with van der Waals surface area (Å²) in [7, 11) is 0. The first-order chi connectivity index (χ1) is 9.16. The topological polar surface area (TPSA) is 72.6 Å². The van der Waals surface area contributed by atoms with Crippen molar-refractivity contribution < 1.29 is 9.72 Å². The minimum absolute atomic E-state index is 0.0501. The lowest BCUT2D eigenvalue weighted by molar-refractivity contribution is -0.384. The fourth-order valence-corrected chi connectivity index (χ4v) is 2.75. The molecule has 0 saturated heterocycles. The number of thioether (sulfide) groups is 1. The fraction of sp³-hybridized carbons (Fsp3) is 0.385. The van der Waals surface area contributed by atoms with Crippen LogP contribution in [0.4, 0.5) is 5.69 Å². The molecule has 100 valence electrons. The molecular weight excluding hydrogens is 264 g/mol. The number of nitro groups is 1. The summed E-state index contributed by atoms with van der Waals surface area (Å²) in [6, 6.07) is 5.85. The maximum absolute atomic E-state index is 12.0. The number of carbonyl (C=O) groups excluding carboxylic acids is 1. The highest BCUT2D eigenvalue weighted by Gasteiger charge is 2.13. The first kappa shape index (κ1) is 13.7. The number of hydrogen-bond donors (Lipinski definition) is 0. The molecule has 0 radical (unpaired) electrons. The van der Waals surface area contributed by atoms with E-state index in [1.165, 1.54) is 30.0 Å². The summed E-state index contributed by atoms with van der Waals surface area (Å²) in [5.41, 5.74) is 0.337. The first-order valence-electron chi connectivity index (χ1n) is 6.10. The van der Waals surface area contributed by atoms with Gasteiger partial charge >= 0.3 is 0 Å². The number of ketones is 1. The Balaban J connectivity index is 1.97. The second-order valence-corrected chi connectivity index (χ2v) is 5.30. The van der Waals surface area contributed by atoms with Crippen LogP contribution in [0.2, 0.25) is 0 Å². The van der Waals surface area contributed by atoms with Crippen LogP contribution < -0.4 is 0 Å². The molecule has 5 nitrogen and oxygen atoms in total. The van der Waals surface area contributed by atoms with Crippen molar-refractivity contribution in [3.63, 3.8) is 0 Å². The number of rotatable bonds is 4. The number of benzene rings is 1. The highest BCUT2D eigenvalue weighted by Crippen LogP contribution is 2.19. The first-order valence-corrected chi connectivity index (χ1v) is 7.09. The molecule has 0 spiro atoms. The Hall–Kier alpha value is -1.69. The van der Waals surface area contributed by atoms with Gasteiger partial charge in [-0.15, -0.1) is 11.8 Å². The molecule has 1 aromatic carbocycles. The monoisotopic (exact) mass is 278 g/mol. The van der Waals surface area contributed by atoms with Crippen LogP contribution >= 0.6 is 11.8 Å². The van der Waals surface area contributed by atoms with Crippen LogP contribution in [-0.2, 0) is 0 Å². The normalized spacial score (nSPS) is 14.8. The quantitative estimate of drug-likeness (QED) is 0.482. The van der Waals surface area contributed by atoms with Crippen molar-refractivity contribution in [3.8, 4) is 0 Å². The largest absolute Gasteiger partial charge is 0.293 e. The molecule has 19 heavy (non-hydrogen) atoms. The van der Waals surface area contributed by atoms with E-state index < -0.39 is 4.92 Å². The number of carbonyl (C=O) groups is 1. The van der Waals surface area contributed by atoms with Crippen molar-refractivity contribution in [2.45, 2.75) is 19.3 Å². The number of aliphatic imine (C=N–C) groups is 1. The van der Waals surface area contributed by atoms with Crippen molar-refractivity contribution in [1.29, 1.82) is 0 Å². The molecule has 0 unspecified atom stereocenters. The van der Waals surface area contributed by atoms with Gasteiger partial charge in [-0.05, 0) is 19.3 Å². The molecule has 0 fully saturated rings. The summed E-state index contributed by atoms with van der Waals surface area (Å²) in [5.74, 6) is 0.196. The molecule has 6 heteroatoms. The smallest absolute Gasteiger partial charge is 0.270 e. The molecule has 0 aliphatic carbocycles. The minimum Gasteiger partial charge on any atom is -0.293 e. The Morgan fingerprint density at radius 2 is 2.26 bits per heavy atom. The predicted octanol–water partition coefficient (Wildman–Crippen LogP) is 3.09. The van der Waals surface area contributed by atoms with Gasteiger partial charge < -0.3 is 0 Å². The number of non-ortho nitro benzene ring substituents is 1. The van der Waals surface area contributed by atoms with Gasteiger partial charge in [0.1, 0.15) is 0 Å². The minimum atomic E-state index is -0.491. The summed E-state index contributed by atoms with van der Waals surface area (Å²) in [6.45, 7) is 0.841. The average molecular weight is 278 g/mol. The zero-order valence-electron chi connectivity index (χ0n) is 10.4. The zero-order valence-corrected chi connectivity index (χ0v) is 11.2. The average Bonchev–Trinajstić information content (AvgIpc) is 2.46. The molecule has 0 saturated carbocycles. The van der Waals surface area contributed by atoms with E-state index in [1.807, 2.05) is 0 Å². The highest BCUT2D eigenvalue weighted by molar-refractivity contribution is 8.14. The van der Waals surface area contributed by atoms with E-state index in [2.05, 4.69) is 4.99 Å². The summed E-state index contributed by atoms with van der Waals surface area (Å²) < 4.78 is 0. The fourth-order valence-electron chi connectivity index (χ4n) is 1.81. The Bertz CT molecular complexity index is 528. The van der Waals surface area contributed by atoms with Crippen LogP contribution in [0.3, 0.4) is 0 Å². The molecule has 2 rings (SSSR count). The standard InChI is InChI=1S/C13H14N2O3S/c16-12(9-19-13-6-1-2-7-14-13)10-4-3-5-11(8-10)15(17)18/h3-5,8H,1-2,6-7,9H2. The van der Waals surface area contributed by atoms with Crippen molar-refractivity contribution in [3.05, 3.63) is 39.9 Å². The summed E-state index contributed by atoms with van der Waals surface area (Å²) in [6.07, 6.45) is 3.17. The van der Waals surface area contributed by atoms with Gasteiger partial charge in [-0.2, -0.15) is 0 Å². The Kier molecular flexibility index (Phi) is 4.68. The van der Waals surface area contributed by atoms with Gasteiger partial charge in [0.15, 0.2) is 5.78 Å². The molecule has 1 aromatic rings. The van der Waals surface area contributed by atoms with Gasteiger partial charge in [0.25, 0.3) is 5.69 Å². The zero-order chi connectivity index (χ0) is 13.7. The molecule has 1 aliphatic heterocycles. The summed E-state index contributed by atoms with van der Waals surface area (Å²) in [4.78, 5) is 26.5. The third-order valence-electron chi connectivity index (χ3n) is 2.84. The van der Waals surface area contributed by atoms with Crippen molar-refractivity contribution in [2.24, 2.45) is 4.99 Å². The van der Waals surface area contributed by atoms with Crippen LogP contribution in [0, 0.1) is 10.1 Å².